The number of nitrogens with one attached hydrogen (secondary N) is 1. The minimum atomic E-state index is -4.71. The molecule has 0 aliphatic heterocycles. The molecular weight excluding hydrogens is 399 g/mol. The van der Waals surface area contributed by atoms with Gasteiger partial charge in [0, 0.05) is 3.57 Å². The number of nitrogens with two attached hydrogens (primary N) is 1. The van der Waals surface area contributed by atoms with Crippen molar-refractivity contribution in [3.63, 3.8) is 0 Å². The molecule has 2 aromatic carbocycles. The lowest BCUT2D eigenvalue weighted by molar-refractivity contribution is -0.140. The molecule has 0 saturated heterocycles. The van der Waals surface area contributed by atoms with Crippen molar-refractivity contribution in [1.82, 2.24) is 5.43 Å². The molecule has 0 saturated carbocycles. The number of benzene rings is 2. The average Bonchev–Trinajstić information content (AvgIpc) is 2.40. The van der Waals surface area contributed by atoms with E-state index in [4.69, 9.17) is 5.84 Å². The summed E-state index contributed by atoms with van der Waals surface area (Å²) >= 11 is 2.13. The smallest absolute Gasteiger partial charge is 0.271 e. The lowest BCUT2D eigenvalue weighted by Crippen LogP contribution is -2.29. The lowest BCUT2D eigenvalue weighted by atomic mass is 9.98. The lowest BCUT2D eigenvalue weighted by Gasteiger charge is -2.18. The van der Waals surface area contributed by atoms with Gasteiger partial charge in [0.1, 0.15) is 5.82 Å². The molecule has 2 aromatic rings. The predicted octanol–water partition coefficient (Wildman–Crippen LogP) is 4.00. The summed E-state index contributed by atoms with van der Waals surface area (Å²) < 4.78 is 52.3. The van der Waals surface area contributed by atoms with Crippen LogP contribution < -0.4 is 11.3 Å². The molecule has 0 spiro atoms. The maximum absolute atomic E-state index is 13.6. The standard InChI is InChI=1S/C14H11F4IN2/c15-12-7-9(3-6-11(12)14(16,17)18)13(21-20)8-1-4-10(19)5-2-8/h1-7,13,21H,20H2. The van der Waals surface area contributed by atoms with Crippen molar-refractivity contribution in [2.45, 2.75) is 12.2 Å². The van der Waals surface area contributed by atoms with E-state index in [9.17, 15) is 17.6 Å². The van der Waals surface area contributed by atoms with Crippen LogP contribution >= 0.6 is 22.6 Å². The first kappa shape index (κ1) is 16.2. The van der Waals surface area contributed by atoms with Crippen LogP contribution in [0.5, 0.6) is 0 Å². The van der Waals surface area contributed by atoms with Crippen LogP contribution in [-0.2, 0) is 6.18 Å². The van der Waals surface area contributed by atoms with Crippen molar-refractivity contribution in [2.75, 3.05) is 0 Å². The van der Waals surface area contributed by atoms with Gasteiger partial charge in [-0.15, -0.1) is 0 Å². The molecule has 0 radical (unpaired) electrons. The van der Waals surface area contributed by atoms with E-state index in [1.165, 1.54) is 6.07 Å². The monoisotopic (exact) mass is 410 g/mol. The second-order valence-electron chi connectivity index (χ2n) is 4.39. The van der Waals surface area contributed by atoms with Crippen LogP contribution in [0, 0.1) is 9.39 Å². The Morgan fingerprint density at radius 3 is 2.05 bits per heavy atom. The van der Waals surface area contributed by atoms with Crippen molar-refractivity contribution in [3.05, 3.63) is 68.5 Å². The first-order valence-electron chi connectivity index (χ1n) is 5.91. The fraction of sp³-hybridized carbons (Fsp3) is 0.143. The Morgan fingerprint density at radius 2 is 1.57 bits per heavy atom. The summed E-state index contributed by atoms with van der Waals surface area (Å²) in [7, 11) is 0. The van der Waals surface area contributed by atoms with Gasteiger partial charge in [0.15, 0.2) is 0 Å². The van der Waals surface area contributed by atoms with Gasteiger partial charge in [-0.1, -0.05) is 18.2 Å². The second-order valence-corrected chi connectivity index (χ2v) is 5.63. The molecule has 3 N–H and O–H groups in total. The number of hydrogen-bond donors (Lipinski definition) is 2. The molecule has 112 valence electrons. The van der Waals surface area contributed by atoms with Gasteiger partial charge < -0.3 is 0 Å². The van der Waals surface area contributed by atoms with Crippen LogP contribution in [0.1, 0.15) is 22.7 Å². The maximum atomic E-state index is 13.6. The quantitative estimate of drug-likeness (QED) is 0.348. The molecular formula is C14H11F4IN2. The van der Waals surface area contributed by atoms with Crippen LogP contribution in [0.15, 0.2) is 42.5 Å². The first-order chi connectivity index (χ1) is 9.82. The molecule has 0 amide bonds. The third kappa shape index (κ3) is 3.72. The number of alkyl halides is 3. The van der Waals surface area contributed by atoms with E-state index >= 15 is 0 Å². The highest BCUT2D eigenvalue weighted by Gasteiger charge is 2.34. The fourth-order valence-corrected chi connectivity index (χ4v) is 2.34. The molecule has 7 heteroatoms. The summed E-state index contributed by atoms with van der Waals surface area (Å²) in [6.07, 6.45) is -4.71. The van der Waals surface area contributed by atoms with Crippen LogP contribution in [0.25, 0.3) is 0 Å². The number of halogens is 5. The van der Waals surface area contributed by atoms with Gasteiger partial charge in [0.25, 0.3) is 0 Å². The van der Waals surface area contributed by atoms with Crippen LogP contribution in [0.2, 0.25) is 0 Å². The SMILES string of the molecule is NNC(c1ccc(I)cc1)c1ccc(C(F)(F)F)c(F)c1. The first-order valence-corrected chi connectivity index (χ1v) is 6.99. The van der Waals surface area contributed by atoms with Crippen LogP contribution in [0.3, 0.4) is 0 Å². The van der Waals surface area contributed by atoms with Crippen LogP contribution in [-0.4, -0.2) is 0 Å². The molecule has 0 aromatic heterocycles. The summed E-state index contributed by atoms with van der Waals surface area (Å²) in [4.78, 5) is 0. The number of hydrazine groups is 1. The molecule has 1 unspecified atom stereocenters. The fourth-order valence-electron chi connectivity index (χ4n) is 1.98. The van der Waals surface area contributed by atoms with Gasteiger partial charge in [0.2, 0.25) is 0 Å². The molecule has 0 fully saturated rings. The Hall–Kier alpha value is -1.19. The summed E-state index contributed by atoms with van der Waals surface area (Å²) in [6.45, 7) is 0. The van der Waals surface area contributed by atoms with Gasteiger partial charge in [0.05, 0.1) is 11.6 Å². The molecule has 0 bridgehead atoms. The van der Waals surface area contributed by atoms with Crippen molar-refractivity contribution in [3.8, 4) is 0 Å². The maximum Gasteiger partial charge on any atom is 0.419 e. The van der Waals surface area contributed by atoms with E-state index in [-0.39, 0.29) is 0 Å². The van der Waals surface area contributed by atoms with E-state index in [1.807, 2.05) is 12.1 Å². The Balaban J connectivity index is 2.40. The third-order valence-corrected chi connectivity index (χ3v) is 3.72. The highest BCUT2D eigenvalue weighted by Crippen LogP contribution is 2.33. The van der Waals surface area contributed by atoms with Gasteiger partial charge in [-0.05, 0) is 58.0 Å². The van der Waals surface area contributed by atoms with Gasteiger partial charge >= 0.3 is 6.18 Å². The minimum Gasteiger partial charge on any atom is -0.271 e. The normalized spacial score (nSPS) is 13.2. The van der Waals surface area contributed by atoms with Gasteiger partial charge in [-0.25, -0.2) is 9.82 Å². The summed E-state index contributed by atoms with van der Waals surface area (Å²) in [5.74, 6) is 4.14. The Labute approximate surface area is 132 Å². The van der Waals surface area contributed by atoms with E-state index in [2.05, 4.69) is 28.0 Å². The number of rotatable bonds is 3. The third-order valence-electron chi connectivity index (χ3n) is 3.00. The average molecular weight is 410 g/mol. The minimum absolute atomic E-state index is 0.323. The highest BCUT2D eigenvalue weighted by molar-refractivity contribution is 14.1. The molecule has 21 heavy (non-hydrogen) atoms. The van der Waals surface area contributed by atoms with E-state index < -0.39 is 23.6 Å². The Bertz CT molecular complexity index is 626. The van der Waals surface area contributed by atoms with Gasteiger partial charge in [-0.2, -0.15) is 13.2 Å². The predicted molar refractivity (Wildman–Crippen MR) is 79.7 cm³/mol. The summed E-state index contributed by atoms with van der Waals surface area (Å²) in [6, 6.07) is 9.44. The zero-order valence-corrected chi connectivity index (χ0v) is 12.7. The summed E-state index contributed by atoms with van der Waals surface area (Å²) in [5.41, 5.74) is 2.26. The molecule has 2 nitrogen and oxygen atoms in total. The molecule has 0 aliphatic carbocycles. The molecule has 1 atom stereocenters. The summed E-state index contributed by atoms with van der Waals surface area (Å²) in [5, 5.41) is 0. The molecule has 0 aliphatic rings. The topological polar surface area (TPSA) is 38.0 Å². The zero-order valence-electron chi connectivity index (χ0n) is 10.6. The largest absolute Gasteiger partial charge is 0.419 e. The van der Waals surface area contributed by atoms with Gasteiger partial charge in [-0.3, -0.25) is 5.84 Å². The van der Waals surface area contributed by atoms with E-state index in [1.54, 1.807) is 12.1 Å². The van der Waals surface area contributed by atoms with E-state index in [0.717, 1.165) is 21.3 Å². The van der Waals surface area contributed by atoms with Crippen molar-refractivity contribution < 1.29 is 17.6 Å². The van der Waals surface area contributed by atoms with Crippen molar-refractivity contribution in [1.29, 1.82) is 0 Å². The van der Waals surface area contributed by atoms with Crippen LogP contribution in [0.4, 0.5) is 17.6 Å². The molecule has 0 heterocycles. The zero-order chi connectivity index (χ0) is 15.6. The van der Waals surface area contributed by atoms with E-state index in [0.29, 0.717) is 5.56 Å². The van der Waals surface area contributed by atoms with Crippen molar-refractivity contribution in [2.24, 2.45) is 5.84 Å². The van der Waals surface area contributed by atoms with Crippen molar-refractivity contribution >= 4 is 22.6 Å². The highest BCUT2D eigenvalue weighted by atomic mass is 127. The number of hydrogen-bond acceptors (Lipinski definition) is 2. The molecule has 2 rings (SSSR count). The Kier molecular flexibility index (Phi) is 4.84. The second kappa shape index (κ2) is 6.29. The Morgan fingerprint density at radius 1 is 1.00 bits per heavy atom.